The summed E-state index contributed by atoms with van der Waals surface area (Å²) in [4.78, 5) is 0. The van der Waals surface area contributed by atoms with E-state index in [-0.39, 0.29) is 11.5 Å². The summed E-state index contributed by atoms with van der Waals surface area (Å²) >= 11 is 0. The number of hydrogen-bond donors (Lipinski definition) is 2. The maximum Gasteiger partial charge on any atom is 0.159 e. The van der Waals surface area contributed by atoms with E-state index in [0.29, 0.717) is 18.1 Å². The molecule has 0 radical (unpaired) electrons. The van der Waals surface area contributed by atoms with Crippen LogP contribution in [0.1, 0.15) is 13.8 Å². The maximum atomic E-state index is 9.88. The van der Waals surface area contributed by atoms with Gasteiger partial charge in [-0.15, -0.1) is 6.58 Å². The van der Waals surface area contributed by atoms with Gasteiger partial charge in [-0.3, -0.25) is 0 Å². The van der Waals surface area contributed by atoms with E-state index in [1.807, 2.05) is 0 Å². The summed E-state index contributed by atoms with van der Waals surface area (Å²) in [5.74, 6) is 0.906. The number of aliphatic hydroxyl groups is 1. The first-order valence-corrected chi connectivity index (χ1v) is 5.63. The summed E-state index contributed by atoms with van der Waals surface area (Å²) < 4.78 is 10.7. The highest BCUT2D eigenvalue weighted by Crippen LogP contribution is 2.21. The molecule has 18 heavy (non-hydrogen) atoms. The third-order valence-electron chi connectivity index (χ3n) is 2.30. The third-order valence-corrected chi connectivity index (χ3v) is 2.30. The number of allylic oxidation sites excluding steroid dienone is 1. The van der Waals surface area contributed by atoms with Crippen molar-refractivity contribution in [1.82, 2.24) is 0 Å². The van der Waals surface area contributed by atoms with E-state index in [0.717, 1.165) is 0 Å². The standard InChI is InChI=1S/C14H18O4/c1-4-8-17-10(2)14(16)11(3)18-13-7-5-6-12(15)9-13/h4-7,9-10,15-16H,1,8H2,2-3H3/b14-11-/t10-/m1/s1. The van der Waals surface area contributed by atoms with Gasteiger partial charge in [-0.1, -0.05) is 12.1 Å². The van der Waals surface area contributed by atoms with Gasteiger partial charge in [-0.05, 0) is 26.0 Å². The lowest BCUT2D eigenvalue weighted by Gasteiger charge is -2.14. The van der Waals surface area contributed by atoms with Crippen LogP contribution in [-0.2, 0) is 4.74 Å². The fourth-order valence-electron chi connectivity index (χ4n) is 1.35. The molecule has 0 amide bonds. The second-order valence-corrected chi connectivity index (χ2v) is 3.81. The number of phenolic OH excluding ortho intramolecular Hbond substituents is 1. The fourth-order valence-corrected chi connectivity index (χ4v) is 1.35. The Hall–Kier alpha value is -1.94. The van der Waals surface area contributed by atoms with Crippen LogP contribution in [0, 0.1) is 0 Å². The molecule has 0 spiro atoms. The van der Waals surface area contributed by atoms with E-state index in [1.54, 1.807) is 38.1 Å². The Bertz CT molecular complexity index is 437. The molecule has 0 aromatic heterocycles. The molecule has 1 atom stereocenters. The Morgan fingerprint density at radius 3 is 2.83 bits per heavy atom. The molecule has 4 heteroatoms. The van der Waals surface area contributed by atoms with E-state index in [2.05, 4.69) is 6.58 Å². The number of ether oxygens (including phenoxy) is 2. The minimum atomic E-state index is -0.472. The molecule has 0 saturated carbocycles. The van der Waals surface area contributed by atoms with Gasteiger partial charge in [0.15, 0.2) is 5.76 Å². The Morgan fingerprint density at radius 2 is 2.22 bits per heavy atom. The summed E-state index contributed by atoms with van der Waals surface area (Å²) in [6.07, 6.45) is 1.13. The van der Waals surface area contributed by atoms with Crippen molar-refractivity contribution in [2.75, 3.05) is 6.61 Å². The Balaban J connectivity index is 2.72. The van der Waals surface area contributed by atoms with Crippen LogP contribution in [0.5, 0.6) is 11.5 Å². The van der Waals surface area contributed by atoms with Crippen LogP contribution in [0.3, 0.4) is 0 Å². The average Bonchev–Trinajstić information content (AvgIpc) is 2.35. The number of hydrogen-bond acceptors (Lipinski definition) is 4. The van der Waals surface area contributed by atoms with Crippen LogP contribution in [0.25, 0.3) is 0 Å². The zero-order valence-electron chi connectivity index (χ0n) is 10.6. The monoisotopic (exact) mass is 250 g/mol. The topological polar surface area (TPSA) is 58.9 Å². The van der Waals surface area contributed by atoms with Crippen LogP contribution in [0.15, 0.2) is 48.4 Å². The molecule has 0 aliphatic carbocycles. The molecule has 0 fully saturated rings. The molecule has 1 aromatic rings. The molecule has 0 aliphatic rings. The number of aliphatic hydroxyl groups excluding tert-OH is 1. The largest absolute Gasteiger partial charge is 0.508 e. The van der Waals surface area contributed by atoms with E-state index in [4.69, 9.17) is 9.47 Å². The molecule has 0 bridgehead atoms. The van der Waals surface area contributed by atoms with Crippen LogP contribution in [-0.4, -0.2) is 22.9 Å². The summed E-state index contributed by atoms with van der Waals surface area (Å²) in [6, 6.07) is 6.35. The summed E-state index contributed by atoms with van der Waals surface area (Å²) in [7, 11) is 0. The van der Waals surface area contributed by atoms with Crippen molar-refractivity contribution < 1.29 is 19.7 Å². The van der Waals surface area contributed by atoms with Crippen molar-refractivity contribution in [3.05, 3.63) is 48.4 Å². The minimum Gasteiger partial charge on any atom is -0.508 e. The van der Waals surface area contributed by atoms with Crippen molar-refractivity contribution in [3.63, 3.8) is 0 Å². The van der Waals surface area contributed by atoms with Crippen molar-refractivity contribution in [2.24, 2.45) is 0 Å². The van der Waals surface area contributed by atoms with Crippen LogP contribution >= 0.6 is 0 Å². The van der Waals surface area contributed by atoms with Crippen molar-refractivity contribution >= 4 is 0 Å². The molecule has 0 saturated heterocycles. The van der Waals surface area contributed by atoms with Gasteiger partial charge in [-0.2, -0.15) is 0 Å². The van der Waals surface area contributed by atoms with E-state index in [9.17, 15) is 10.2 Å². The highest BCUT2D eigenvalue weighted by Gasteiger charge is 2.12. The van der Waals surface area contributed by atoms with Crippen LogP contribution in [0.4, 0.5) is 0 Å². The maximum absolute atomic E-state index is 9.88. The lowest BCUT2D eigenvalue weighted by atomic mass is 10.3. The zero-order chi connectivity index (χ0) is 13.5. The average molecular weight is 250 g/mol. The smallest absolute Gasteiger partial charge is 0.159 e. The number of rotatable bonds is 6. The van der Waals surface area contributed by atoms with E-state index in [1.165, 1.54) is 6.07 Å². The molecule has 2 N–H and O–H groups in total. The van der Waals surface area contributed by atoms with E-state index >= 15 is 0 Å². The van der Waals surface area contributed by atoms with Gasteiger partial charge in [0.05, 0.1) is 6.61 Å². The second kappa shape index (κ2) is 6.71. The molecule has 0 heterocycles. The van der Waals surface area contributed by atoms with E-state index < -0.39 is 6.10 Å². The lowest BCUT2D eigenvalue weighted by molar-refractivity contribution is 0.0752. The van der Waals surface area contributed by atoms with Crippen molar-refractivity contribution in [2.45, 2.75) is 20.0 Å². The normalized spacial score (nSPS) is 13.7. The number of aromatic hydroxyl groups is 1. The van der Waals surface area contributed by atoms with Crippen LogP contribution < -0.4 is 4.74 Å². The molecule has 0 unspecified atom stereocenters. The molecular weight excluding hydrogens is 232 g/mol. The molecular formula is C14H18O4. The molecule has 1 aromatic carbocycles. The van der Waals surface area contributed by atoms with Gasteiger partial charge in [0.25, 0.3) is 0 Å². The lowest BCUT2D eigenvalue weighted by Crippen LogP contribution is -2.14. The van der Waals surface area contributed by atoms with Gasteiger partial charge in [0, 0.05) is 6.07 Å². The first-order valence-electron chi connectivity index (χ1n) is 5.63. The first-order chi connectivity index (χ1) is 8.54. The SMILES string of the molecule is C=CCO[C@H](C)/C(O)=C(\C)Oc1cccc(O)c1. The Morgan fingerprint density at radius 1 is 1.50 bits per heavy atom. The van der Waals surface area contributed by atoms with Gasteiger partial charge in [-0.25, -0.2) is 0 Å². The predicted molar refractivity (Wildman–Crippen MR) is 69.7 cm³/mol. The Kier molecular flexibility index (Phi) is 5.27. The van der Waals surface area contributed by atoms with Crippen molar-refractivity contribution in [1.29, 1.82) is 0 Å². The fraction of sp³-hybridized carbons (Fsp3) is 0.286. The van der Waals surface area contributed by atoms with Gasteiger partial charge in [0.2, 0.25) is 0 Å². The number of benzene rings is 1. The van der Waals surface area contributed by atoms with Gasteiger partial charge < -0.3 is 19.7 Å². The number of phenols is 1. The van der Waals surface area contributed by atoms with Gasteiger partial charge >= 0.3 is 0 Å². The Labute approximate surface area is 107 Å². The molecule has 4 nitrogen and oxygen atoms in total. The predicted octanol–water partition coefficient (Wildman–Crippen LogP) is 3.15. The van der Waals surface area contributed by atoms with Gasteiger partial charge in [0.1, 0.15) is 23.4 Å². The minimum absolute atomic E-state index is 0.0141. The summed E-state index contributed by atoms with van der Waals surface area (Å²) in [6.45, 7) is 7.23. The molecule has 1 rings (SSSR count). The molecule has 98 valence electrons. The van der Waals surface area contributed by atoms with Crippen LogP contribution in [0.2, 0.25) is 0 Å². The quantitative estimate of drug-likeness (QED) is 0.601. The first kappa shape index (κ1) is 14.1. The van der Waals surface area contributed by atoms with Crippen molar-refractivity contribution in [3.8, 4) is 11.5 Å². The second-order valence-electron chi connectivity index (χ2n) is 3.81. The summed E-state index contributed by atoms with van der Waals surface area (Å²) in [5.41, 5.74) is 0. The molecule has 0 aliphatic heterocycles. The highest BCUT2D eigenvalue weighted by molar-refractivity contribution is 5.33. The zero-order valence-corrected chi connectivity index (χ0v) is 10.6. The third kappa shape index (κ3) is 4.14. The summed E-state index contributed by atoms with van der Waals surface area (Å²) in [5, 5.41) is 19.2. The highest BCUT2D eigenvalue weighted by atomic mass is 16.5.